The van der Waals surface area contributed by atoms with Crippen LogP contribution >= 0.6 is 0 Å². The van der Waals surface area contributed by atoms with Gasteiger partial charge in [0.25, 0.3) is 0 Å². The number of hydrogen-bond acceptors (Lipinski definition) is 5. The molecule has 0 aromatic heterocycles. The second-order valence-electron chi connectivity index (χ2n) is 6.45. The van der Waals surface area contributed by atoms with Gasteiger partial charge in [-0.25, -0.2) is 0 Å². The van der Waals surface area contributed by atoms with Gasteiger partial charge in [-0.15, -0.1) is 0 Å². The fourth-order valence-corrected chi connectivity index (χ4v) is 3.00. The van der Waals surface area contributed by atoms with Crippen molar-refractivity contribution < 1.29 is 9.47 Å². The molecule has 1 saturated heterocycles. The first-order valence-corrected chi connectivity index (χ1v) is 9.21. The van der Waals surface area contributed by atoms with Crippen LogP contribution in [0.4, 0.5) is 0 Å². The van der Waals surface area contributed by atoms with Crippen LogP contribution in [-0.2, 0) is 6.54 Å². The first kappa shape index (κ1) is 19.0. The molecule has 1 fully saturated rings. The van der Waals surface area contributed by atoms with Gasteiger partial charge in [-0.3, -0.25) is 4.90 Å². The molecule has 5 heteroatoms. The van der Waals surface area contributed by atoms with Crippen LogP contribution < -0.4 is 15.2 Å². The van der Waals surface area contributed by atoms with Gasteiger partial charge >= 0.3 is 0 Å². The van der Waals surface area contributed by atoms with Gasteiger partial charge in [0.05, 0.1) is 13.7 Å². The van der Waals surface area contributed by atoms with Crippen LogP contribution in [0.3, 0.4) is 0 Å². The SMILES string of the molecule is CCCCOc1ccc(CN2CCN(CCCN)CC2)cc1OC. The Bertz CT molecular complexity index is 474. The normalized spacial score (nSPS) is 16.3. The average molecular weight is 335 g/mol. The molecule has 0 saturated carbocycles. The van der Waals surface area contributed by atoms with Crippen molar-refractivity contribution in [2.75, 3.05) is 53.0 Å². The molecule has 0 atom stereocenters. The van der Waals surface area contributed by atoms with Crippen molar-refractivity contribution in [1.82, 2.24) is 9.80 Å². The van der Waals surface area contributed by atoms with Crippen molar-refractivity contribution in [3.63, 3.8) is 0 Å². The third kappa shape index (κ3) is 5.96. The molecule has 24 heavy (non-hydrogen) atoms. The van der Waals surface area contributed by atoms with E-state index in [1.54, 1.807) is 7.11 Å². The Labute approximate surface area is 146 Å². The lowest BCUT2D eigenvalue weighted by Gasteiger charge is -2.34. The van der Waals surface area contributed by atoms with Crippen LogP contribution in [0.15, 0.2) is 18.2 Å². The number of hydrogen-bond donors (Lipinski definition) is 1. The largest absolute Gasteiger partial charge is 0.493 e. The molecule has 1 aromatic rings. The Morgan fingerprint density at radius 2 is 1.79 bits per heavy atom. The molecule has 5 nitrogen and oxygen atoms in total. The zero-order chi connectivity index (χ0) is 17.2. The van der Waals surface area contributed by atoms with Gasteiger partial charge in [0, 0.05) is 32.7 Å². The lowest BCUT2D eigenvalue weighted by molar-refractivity contribution is 0.126. The van der Waals surface area contributed by atoms with E-state index in [0.29, 0.717) is 0 Å². The Hall–Kier alpha value is -1.30. The summed E-state index contributed by atoms with van der Waals surface area (Å²) in [5, 5.41) is 0. The third-order valence-electron chi connectivity index (χ3n) is 4.53. The molecule has 1 aromatic carbocycles. The van der Waals surface area contributed by atoms with Crippen LogP contribution in [0, 0.1) is 0 Å². The molecule has 0 unspecified atom stereocenters. The summed E-state index contributed by atoms with van der Waals surface area (Å²) in [5.41, 5.74) is 6.88. The summed E-state index contributed by atoms with van der Waals surface area (Å²) in [6, 6.07) is 6.31. The molecule has 2 N–H and O–H groups in total. The van der Waals surface area contributed by atoms with E-state index in [1.165, 1.54) is 5.56 Å². The maximum absolute atomic E-state index is 5.81. The second kappa shape index (κ2) is 10.5. The lowest BCUT2D eigenvalue weighted by Crippen LogP contribution is -2.46. The van der Waals surface area contributed by atoms with Crippen LogP contribution in [0.1, 0.15) is 31.7 Å². The predicted molar refractivity (Wildman–Crippen MR) is 98.8 cm³/mol. The highest BCUT2D eigenvalue weighted by Gasteiger charge is 2.17. The van der Waals surface area contributed by atoms with Crippen molar-refractivity contribution in [3.8, 4) is 11.5 Å². The summed E-state index contributed by atoms with van der Waals surface area (Å²) >= 11 is 0. The minimum absolute atomic E-state index is 0.747. The number of nitrogens with two attached hydrogens (primary N) is 1. The summed E-state index contributed by atoms with van der Waals surface area (Å²) in [7, 11) is 1.71. The van der Waals surface area contributed by atoms with Crippen molar-refractivity contribution in [1.29, 1.82) is 0 Å². The number of piperazine rings is 1. The zero-order valence-electron chi connectivity index (χ0n) is 15.3. The fraction of sp³-hybridized carbons (Fsp3) is 0.684. The Kier molecular flexibility index (Phi) is 8.36. The predicted octanol–water partition coefficient (Wildman–Crippen LogP) is 2.34. The van der Waals surface area contributed by atoms with E-state index >= 15 is 0 Å². The van der Waals surface area contributed by atoms with E-state index in [2.05, 4.69) is 28.9 Å². The number of ether oxygens (including phenoxy) is 2. The van der Waals surface area contributed by atoms with Crippen LogP contribution in [-0.4, -0.2) is 62.8 Å². The Balaban J connectivity index is 1.84. The van der Waals surface area contributed by atoms with E-state index in [9.17, 15) is 0 Å². The lowest BCUT2D eigenvalue weighted by atomic mass is 10.1. The number of methoxy groups -OCH3 is 1. The van der Waals surface area contributed by atoms with Gasteiger partial charge in [-0.1, -0.05) is 19.4 Å². The van der Waals surface area contributed by atoms with Gasteiger partial charge in [-0.2, -0.15) is 0 Å². The van der Waals surface area contributed by atoms with Gasteiger partial charge in [0.2, 0.25) is 0 Å². The fourth-order valence-electron chi connectivity index (χ4n) is 3.00. The monoisotopic (exact) mass is 335 g/mol. The summed E-state index contributed by atoms with van der Waals surface area (Å²) in [6.07, 6.45) is 3.30. The summed E-state index contributed by atoms with van der Waals surface area (Å²) in [5.74, 6) is 1.69. The molecule has 136 valence electrons. The zero-order valence-corrected chi connectivity index (χ0v) is 15.3. The van der Waals surface area contributed by atoms with Crippen molar-refractivity contribution in [2.24, 2.45) is 5.73 Å². The molecule has 0 amide bonds. The minimum Gasteiger partial charge on any atom is -0.493 e. The quantitative estimate of drug-likeness (QED) is 0.665. The molecule has 1 aliphatic rings. The maximum atomic E-state index is 5.81. The van der Waals surface area contributed by atoms with Gasteiger partial charge in [-0.05, 0) is 43.6 Å². The van der Waals surface area contributed by atoms with E-state index < -0.39 is 0 Å². The number of rotatable bonds is 10. The molecule has 0 aliphatic carbocycles. The molecule has 0 radical (unpaired) electrons. The van der Waals surface area contributed by atoms with Crippen molar-refractivity contribution in [2.45, 2.75) is 32.7 Å². The van der Waals surface area contributed by atoms with Crippen molar-refractivity contribution in [3.05, 3.63) is 23.8 Å². The van der Waals surface area contributed by atoms with Gasteiger partial charge in [0.15, 0.2) is 11.5 Å². The molecule has 1 heterocycles. The number of unbranched alkanes of at least 4 members (excludes halogenated alkanes) is 1. The molecular formula is C19H33N3O2. The second-order valence-corrected chi connectivity index (χ2v) is 6.45. The summed E-state index contributed by atoms with van der Waals surface area (Å²) in [6.45, 7) is 10.3. The number of nitrogens with zero attached hydrogens (tertiary/aromatic N) is 2. The Morgan fingerprint density at radius 1 is 1.04 bits per heavy atom. The topological polar surface area (TPSA) is 51.0 Å². The van der Waals surface area contributed by atoms with E-state index in [1.807, 2.05) is 6.07 Å². The standard InChI is InChI=1S/C19H33N3O2/c1-3-4-14-24-18-7-6-17(15-19(18)23-2)16-22-12-10-21(11-13-22)9-5-8-20/h6-7,15H,3-5,8-14,16,20H2,1-2H3. The Morgan fingerprint density at radius 3 is 2.46 bits per heavy atom. The molecule has 1 aliphatic heterocycles. The highest BCUT2D eigenvalue weighted by molar-refractivity contribution is 5.43. The molecule has 2 rings (SSSR count). The maximum Gasteiger partial charge on any atom is 0.161 e. The summed E-state index contributed by atoms with van der Waals surface area (Å²) in [4.78, 5) is 5.01. The van der Waals surface area contributed by atoms with Crippen LogP contribution in [0.25, 0.3) is 0 Å². The number of benzene rings is 1. The average Bonchev–Trinajstić information content (AvgIpc) is 2.62. The highest BCUT2D eigenvalue weighted by Crippen LogP contribution is 2.29. The first-order chi connectivity index (χ1) is 11.8. The minimum atomic E-state index is 0.747. The van der Waals surface area contributed by atoms with E-state index in [-0.39, 0.29) is 0 Å². The van der Waals surface area contributed by atoms with Crippen molar-refractivity contribution >= 4 is 0 Å². The third-order valence-corrected chi connectivity index (χ3v) is 4.53. The highest BCUT2D eigenvalue weighted by atomic mass is 16.5. The molecular weight excluding hydrogens is 302 g/mol. The van der Waals surface area contributed by atoms with E-state index in [0.717, 1.165) is 83.2 Å². The van der Waals surface area contributed by atoms with Gasteiger partial charge < -0.3 is 20.1 Å². The van der Waals surface area contributed by atoms with Crippen LogP contribution in [0.5, 0.6) is 11.5 Å². The van der Waals surface area contributed by atoms with Crippen LogP contribution in [0.2, 0.25) is 0 Å². The van der Waals surface area contributed by atoms with E-state index in [4.69, 9.17) is 15.2 Å². The molecule has 0 bridgehead atoms. The first-order valence-electron chi connectivity index (χ1n) is 9.21. The molecule has 0 spiro atoms. The van der Waals surface area contributed by atoms with Gasteiger partial charge in [0.1, 0.15) is 0 Å². The summed E-state index contributed by atoms with van der Waals surface area (Å²) < 4.78 is 11.3. The smallest absolute Gasteiger partial charge is 0.161 e.